The van der Waals surface area contributed by atoms with Gasteiger partial charge in [0.1, 0.15) is 0 Å². The first-order chi connectivity index (χ1) is 7.95. The maximum Gasteiger partial charge on any atom is 0.272 e. The van der Waals surface area contributed by atoms with Crippen LogP contribution in [0.3, 0.4) is 0 Å². The fourth-order valence-corrected chi connectivity index (χ4v) is 1.53. The molecule has 1 rings (SSSR count). The van der Waals surface area contributed by atoms with Gasteiger partial charge in [0, 0.05) is 30.5 Å². The van der Waals surface area contributed by atoms with Crippen molar-refractivity contribution in [3.63, 3.8) is 0 Å². The van der Waals surface area contributed by atoms with Crippen LogP contribution in [0.5, 0.6) is 0 Å². The zero-order valence-corrected chi connectivity index (χ0v) is 10.6. The number of anilines is 1. The summed E-state index contributed by atoms with van der Waals surface area (Å²) >= 11 is 0. The summed E-state index contributed by atoms with van der Waals surface area (Å²) in [6.45, 7) is 5.70. The fraction of sp³-hybridized carbons (Fsp3) is 0.500. The Bertz CT molecular complexity index is 407. The predicted molar refractivity (Wildman–Crippen MR) is 67.4 cm³/mol. The van der Waals surface area contributed by atoms with Crippen LogP contribution in [0.1, 0.15) is 19.4 Å². The third kappa shape index (κ3) is 3.42. The molecule has 0 aliphatic rings. The highest BCUT2D eigenvalue weighted by atomic mass is 16.6. The van der Waals surface area contributed by atoms with Gasteiger partial charge in [-0.25, -0.2) is 0 Å². The highest BCUT2D eigenvalue weighted by Gasteiger charge is 2.13. The maximum atomic E-state index is 10.7. The van der Waals surface area contributed by atoms with E-state index in [9.17, 15) is 10.1 Å². The van der Waals surface area contributed by atoms with Gasteiger partial charge in [-0.2, -0.15) is 0 Å². The summed E-state index contributed by atoms with van der Waals surface area (Å²) in [6, 6.07) is 5.14. The molecule has 0 bridgehead atoms. The molecule has 0 spiro atoms. The molecule has 0 radical (unpaired) electrons. The maximum absolute atomic E-state index is 10.7. The van der Waals surface area contributed by atoms with Gasteiger partial charge >= 0.3 is 0 Å². The van der Waals surface area contributed by atoms with E-state index >= 15 is 0 Å². The Morgan fingerprint density at radius 2 is 2.06 bits per heavy atom. The zero-order chi connectivity index (χ0) is 13.0. The Balaban J connectivity index is 2.81. The summed E-state index contributed by atoms with van der Waals surface area (Å²) in [4.78, 5) is 10.3. The number of nitro benzene ring substituents is 1. The highest BCUT2D eigenvalue weighted by Crippen LogP contribution is 2.22. The van der Waals surface area contributed by atoms with Crippen LogP contribution in [0.15, 0.2) is 18.2 Å². The summed E-state index contributed by atoms with van der Waals surface area (Å²) < 4.78 is 5.21. The van der Waals surface area contributed by atoms with E-state index in [0.717, 1.165) is 5.69 Å². The first-order valence-corrected chi connectivity index (χ1v) is 5.50. The Morgan fingerprint density at radius 3 is 2.53 bits per heavy atom. The molecule has 0 aliphatic heterocycles. The van der Waals surface area contributed by atoms with E-state index in [2.05, 4.69) is 5.32 Å². The summed E-state index contributed by atoms with van der Waals surface area (Å²) in [5, 5.41) is 13.9. The second-order valence-corrected chi connectivity index (χ2v) is 4.13. The average Bonchev–Trinajstić information content (AvgIpc) is 2.27. The first kappa shape index (κ1) is 13.4. The number of rotatable bonds is 5. The van der Waals surface area contributed by atoms with Gasteiger partial charge in [-0.15, -0.1) is 0 Å². The Morgan fingerprint density at radius 1 is 1.41 bits per heavy atom. The van der Waals surface area contributed by atoms with Crippen LogP contribution in [0.25, 0.3) is 0 Å². The first-order valence-electron chi connectivity index (χ1n) is 5.50. The summed E-state index contributed by atoms with van der Waals surface area (Å²) in [5.74, 6) is 0. The highest BCUT2D eigenvalue weighted by molar-refractivity contribution is 5.54. The van der Waals surface area contributed by atoms with Crippen molar-refractivity contribution in [2.24, 2.45) is 0 Å². The standard InChI is InChI=1S/C12H18N2O3/c1-8-7-11(5-6-12(8)14(15)16)13-9(2)10(3)17-4/h5-7,9-10,13H,1-4H3. The van der Waals surface area contributed by atoms with Crippen molar-refractivity contribution in [1.29, 1.82) is 0 Å². The monoisotopic (exact) mass is 238 g/mol. The van der Waals surface area contributed by atoms with E-state index in [1.807, 2.05) is 13.8 Å². The van der Waals surface area contributed by atoms with Gasteiger partial charge in [-0.1, -0.05) is 0 Å². The van der Waals surface area contributed by atoms with Gasteiger partial charge in [0.05, 0.1) is 11.0 Å². The lowest BCUT2D eigenvalue weighted by Crippen LogP contribution is -2.29. The van der Waals surface area contributed by atoms with Crippen molar-refractivity contribution in [2.45, 2.75) is 32.9 Å². The van der Waals surface area contributed by atoms with E-state index in [1.54, 1.807) is 26.2 Å². The van der Waals surface area contributed by atoms with E-state index in [0.29, 0.717) is 5.56 Å². The van der Waals surface area contributed by atoms with E-state index in [1.165, 1.54) is 6.07 Å². The van der Waals surface area contributed by atoms with Crippen molar-refractivity contribution in [1.82, 2.24) is 0 Å². The van der Waals surface area contributed by atoms with Crippen LogP contribution in [-0.4, -0.2) is 24.2 Å². The third-order valence-corrected chi connectivity index (χ3v) is 2.86. The molecule has 0 amide bonds. The molecule has 1 aromatic carbocycles. The molecule has 17 heavy (non-hydrogen) atoms. The van der Waals surface area contributed by atoms with Crippen molar-refractivity contribution >= 4 is 11.4 Å². The number of aryl methyl sites for hydroxylation is 1. The molecule has 0 saturated carbocycles. The summed E-state index contributed by atoms with van der Waals surface area (Å²) in [5.41, 5.74) is 1.66. The number of nitro groups is 1. The Hall–Kier alpha value is -1.62. The molecule has 0 aromatic heterocycles. The number of benzene rings is 1. The van der Waals surface area contributed by atoms with E-state index < -0.39 is 0 Å². The van der Waals surface area contributed by atoms with Crippen molar-refractivity contribution < 1.29 is 9.66 Å². The van der Waals surface area contributed by atoms with Crippen molar-refractivity contribution in [3.8, 4) is 0 Å². The Kier molecular flexibility index (Phi) is 4.45. The minimum Gasteiger partial charge on any atom is -0.380 e. The quantitative estimate of drug-likeness (QED) is 0.632. The van der Waals surface area contributed by atoms with Crippen LogP contribution in [-0.2, 0) is 4.74 Å². The van der Waals surface area contributed by atoms with E-state index in [-0.39, 0.29) is 22.8 Å². The molecule has 5 nitrogen and oxygen atoms in total. The SMILES string of the molecule is COC(C)C(C)Nc1ccc([N+](=O)[O-])c(C)c1. The molecular formula is C12H18N2O3. The molecule has 94 valence electrons. The minimum absolute atomic E-state index is 0.0745. The van der Waals surface area contributed by atoms with Crippen LogP contribution in [0.4, 0.5) is 11.4 Å². The zero-order valence-electron chi connectivity index (χ0n) is 10.6. The average molecular weight is 238 g/mol. The minimum atomic E-state index is -0.375. The second kappa shape index (κ2) is 5.63. The molecule has 2 unspecified atom stereocenters. The van der Waals surface area contributed by atoms with Gasteiger partial charge < -0.3 is 10.1 Å². The topological polar surface area (TPSA) is 64.4 Å². The number of ether oxygens (including phenoxy) is 1. The largest absolute Gasteiger partial charge is 0.380 e. The molecule has 1 N–H and O–H groups in total. The van der Waals surface area contributed by atoms with Crippen LogP contribution in [0, 0.1) is 17.0 Å². The lowest BCUT2D eigenvalue weighted by molar-refractivity contribution is -0.385. The van der Waals surface area contributed by atoms with Crippen molar-refractivity contribution in [3.05, 3.63) is 33.9 Å². The molecule has 2 atom stereocenters. The number of hydrogen-bond acceptors (Lipinski definition) is 4. The smallest absolute Gasteiger partial charge is 0.272 e. The summed E-state index contributed by atoms with van der Waals surface area (Å²) in [6.07, 6.45) is 0.0745. The van der Waals surface area contributed by atoms with Gasteiger partial charge in [-0.05, 0) is 32.9 Å². The van der Waals surface area contributed by atoms with Gasteiger partial charge in [0.2, 0.25) is 0 Å². The fourth-order valence-electron chi connectivity index (χ4n) is 1.53. The van der Waals surface area contributed by atoms with Gasteiger partial charge in [0.15, 0.2) is 0 Å². The van der Waals surface area contributed by atoms with Crippen LogP contribution < -0.4 is 5.32 Å². The van der Waals surface area contributed by atoms with Gasteiger partial charge in [-0.3, -0.25) is 10.1 Å². The second-order valence-electron chi connectivity index (χ2n) is 4.13. The molecule has 0 aliphatic carbocycles. The van der Waals surface area contributed by atoms with Crippen LogP contribution >= 0.6 is 0 Å². The number of hydrogen-bond donors (Lipinski definition) is 1. The third-order valence-electron chi connectivity index (χ3n) is 2.86. The molecule has 0 heterocycles. The predicted octanol–water partition coefficient (Wildman–Crippen LogP) is 2.74. The molecule has 1 aromatic rings. The Labute approximate surface area is 101 Å². The number of nitrogens with one attached hydrogen (secondary N) is 1. The summed E-state index contributed by atoms with van der Waals surface area (Å²) in [7, 11) is 1.66. The van der Waals surface area contributed by atoms with Gasteiger partial charge in [0.25, 0.3) is 5.69 Å². The number of nitrogens with zero attached hydrogens (tertiary/aromatic N) is 1. The number of methoxy groups -OCH3 is 1. The molecular weight excluding hydrogens is 220 g/mol. The molecule has 0 saturated heterocycles. The molecule has 5 heteroatoms. The lowest BCUT2D eigenvalue weighted by Gasteiger charge is -2.21. The normalized spacial score (nSPS) is 14.1. The lowest BCUT2D eigenvalue weighted by atomic mass is 10.1. The van der Waals surface area contributed by atoms with Crippen molar-refractivity contribution in [2.75, 3.05) is 12.4 Å². The molecule has 0 fully saturated rings. The van der Waals surface area contributed by atoms with E-state index in [4.69, 9.17) is 4.74 Å². The van der Waals surface area contributed by atoms with Crippen LogP contribution in [0.2, 0.25) is 0 Å².